The number of aromatic nitrogens is 1. The fourth-order valence-corrected chi connectivity index (χ4v) is 1.91. The molecule has 0 unspecified atom stereocenters. The van der Waals surface area contributed by atoms with E-state index in [1.54, 1.807) is 20.0 Å². The van der Waals surface area contributed by atoms with Crippen LogP contribution in [0.5, 0.6) is 0 Å². The molecule has 0 saturated carbocycles. The van der Waals surface area contributed by atoms with E-state index in [-0.39, 0.29) is 0 Å². The van der Waals surface area contributed by atoms with Gasteiger partial charge in [-0.1, -0.05) is 30.3 Å². The van der Waals surface area contributed by atoms with Gasteiger partial charge < -0.3 is 5.11 Å². The number of hydrogen-bond donors (Lipinski definition) is 1. The van der Waals surface area contributed by atoms with Gasteiger partial charge in [-0.2, -0.15) is 0 Å². The average Bonchev–Trinajstić information content (AvgIpc) is 2.40. The fraction of sp³-hybridized carbons (Fsp3) is 0.250. The Balaban J connectivity index is 2.28. The lowest BCUT2D eigenvalue weighted by molar-refractivity contribution is -0.142. The number of rotatable bonds is 4. The van der Waals surface area contributed by atoms with E-state index < -0.39 is 11.4 Å². The zero-order chi connectivity index (χ0) is 13.9. The molecule has 0 atom stereocenters. The minimum atomic E-state index is -0.875. The number of carbonyl (C=O) groups is 1. The van der Waals surface area contributed by atoms with E-state index >= 15 is 0 Å². The molecule has 0 aliphatic carbocycles. The van der Waals surface area contributed by atoms with Crippen LogP contribution in [0, 0.1) is 0 Å². The lowest BCUT2D eigenvalue weighted by Crippen LogP contribution is -2.28. The zero-order valence-corrected chi connectivity index (χ0v) is 11.1. The summed E-state index contributed by atoms with van der Waals surface area (Å²) in [4.78, 5) is 15.6. The molecular formula is C16H17NO2. The Labute approximate surface area is 112 Å². The Kier molecular flexibility index (Phi) is 3.65. The molecule has 0 aliphatic heterocycles. The normalized spacial score (nSPS) is 11.3. The van der Waals surface area contributed by atoms with E-state index in [9.17, 15) is 9.90 Å². The molecule has 1 N–H and O–H groups in total. The van der Waals surface area contributed by atoms with Gasteiger partial charge in [-0.05, 0) is 37.1 Å². The van der Waals surface area contributed by atoms with Crippen LogP contribution in [0.3, 0.4) is 0 Å². The van der Waals surface area contributed by atoms with Crippen LogP contribution in [0.25, 0.3) is 0 Å². The van der Waals surface area contributed by atoms with Crippen molar-refractivity contribution in [3.8, 4) is 0 Å². The Morgan fingerprint density at radius 2 is 2.00 bits per heavy atom. The number of carboxylic acid groups (broad SMARTS) is 1. The summed E-state index contributed by atoms with van der Waals surface area (Å²) in [7, 11) is 0. The highest BCUT2D eigenvalue weighted by Crippen LogP contribution is 2.24. The van der Waals surface area contributed by atoms with Crippen LogP contribution in [0.2, 0.25) is 0 Å². The maximum absolute atomic E-state index is 11.3. The van der Waals surface area contributed by atoms with Gasteiger partial charge in [0.25, 0.3) is 0 Å². The van der Waals surface area contributed by atoms with Gasteiger partial charge in [0.1, 0.15) is 0 Å². The Hall–Kier alpha value is -2.16. The third kappa shape index (κ3) is 2.99. The molecule has 0 spiro atoms. The molecule has 0 bridgehead atoms. The maximum atomic E-state index is 11.3. The van der Waals surface area contributed by atoms with E-state index in [1.165, 1.54) is 0 Å². The average molecular weight is 255 g/mol. The van der Waals surface area contributed by atoms with E-state index in [0.717, 1.165) is 16.8 Å². The summed E-state index contributed by atoms with van der Waals surface area (Å²) >= 11 is 0. The Bertz CT molecular complexity index is 576. The monoisotopic (exact) mass is 255 g/mol. The van der Waals surface area contributed by atoms with Crippen molar-refractivity contribution >= 4 is 5.97 Å². The highest BCUT2D eigenvalue weighted by atomic mass is 16.4. The first-order chi connectivity index (χ1) is 9.00. The summed E-state index contributed by atoms with van der Waals surface area (Å²) in [5.74, 6) is -0.817. The number of pyridine rings is 1. The minimum absolute atomic E-state index is 0.713. The molecule has 0 radical (unpaired) electrons. The lowest BCUT2D eigenvalue weighted by Gasteiger charge is -2.20. The van der Waals surface area contributed by atoms with Crippen molar-refractivity contribution in [3.63, 3.8) is 0 Å². The van der Waals surface area contributed by atoms with Gasteiger partial charge in [0.05, 0.1) is 5.41 Å². The van der Waals surface area contributed by atoms with Crippen LogP contribution >= 0.6 is 0 Å². The van der Waals surface area contributed by atoms with Crippen LogP contribution in [0.4, 0.5) is 0 Å². The SMILES string of the molecule is CC(C)(C(=O)O)c1cccc(Cc2ccccn2)c1. The highest BCUT2D eigenvalue weighted by molar-refractivity contribution is 5.80. The Morgan fingerprint density at radius 1 is 1.21 bits per heavy atom. The summed E-state index contributed by atoms with van der Waals surface area (Å²) in [6, 6.07) is 13.5. The van der Waals surface area contributed by atoms with Gasteiger partial charge in [0.15, 0.2) is 0 Å². The first kappa shape index (κ1) is 13.3. The molecule has 3 nitrogen and oxygen atoms in total. The smallest absolute Gasteiger partial charge is 0.313 e. The summed E-state index contributed by atoms with van der Waals surface area (Å²) in [6.45, 7) is 3.43. The third-order valence-corrected chi connectivity index (χ3v) is 3.29. The van der Waals surface area contributed by atoms with E-state index in [1.807, 2.05) is 42.5 Å². The van der Waals surface area contributed by atoms with Crippen molar-refractivity contribution in [3.05, 3.63) is 65.5 Å². The third-order valence-electron chi connectivity index (χ3n) is 3.29. The van der Waals surface area contributed by atoms with Crippen molar-refractivity contribution < 1.29 is 9.90 Å². The van der Waals surface area contributed by atoms with Crippen molar-refractivity contribution in [2.45, 2.75) is 25.7 Å². The van der Waals surface area contributed by atoms with Crippen LogP contribution in [0.15, 0.2) is 48.7 Å². The molecular weight excluding hydrogens is 238 g/mol. The zero-order valence-electron chi connectivity index (χ0n) is 11.1. The van der Waals surface area contributed by atoms with E-state index in [2.05, 4.69) is 4.98 Å². The van der Waals surface area contributed by atoms with E-state index in [4.69, 9.17) is 0 Å². The fourth-order valence-electron chi connectivity index (χ4n) is 1.91. The molecule has 19 heavy (non-hydrogen) atoms. The van der Waals surface area contributed by atoms with Crippen molar-refractivity contribution in [1.82, 2.24) is 4.98 Å². The summed E-state index contributed by atoms with van der Waals surface area (Å²) < 4.78 is 0. The minimum Gasteiger partial charge on any atom is -0.481 e. The lowest BCUT2D eigenvalue weighted by atomic mass is 9.84. The highest BCUT2D eigenvalue weighted by Gasteiger charge is 2.29. The van der Waals surface area contributed by atoms with Gasteiger partial charge in [0, 0.05) is 18.3 Å². The number of aliphatic carboxylic acids is 1. The molecule has 2 rings (SSSR count). The van der Waals surface area contributed by atoms with Gasteiger partial charge in [-0.15, -0.1) is 0 Å². The van der Waals surface area contributed by atoms with Crippen LogP contribution in [-0.4, -0.2) is 16.1 Å². The largest absolute Gasteiger partial charge is 0.481 e. The first-order valence-electron chi connectivity index (χ1n) is 6.23. The second-order valence-electron chi connectivity index (χ2n) is 5.13. The second-order valence-corrected chi connectivity index (χ2v) is 5.13. The molecule has 2 aromatic rings. The van der Waals surface area contributed by atoms with Gasteiger partial charge in [-0.25, -0.2) is 0 Å². The predicted octanol–water partition coefficient (Wildman–Crippen LogP) is 3.03. The molecule has 98 valence electrons. The van der Waals surface area contributed by atoms with E-state index in [0.29, 0.717) is 6.42 Å². The predicted molar refractivity (Wildman–Crippen MR) is 74.1 cm³/mol. The Morgan fingerprint density at radius 3 is 2.63 bits per heavy atom. The number of carboxylic acids is 1. The summed E-state index contributed by atoms with van der Waals surface area (Å²) in [6.07, 6.45) is 2.48. The molecule has 1 aromatic heterocycles. The first-order valence-corrected chi connectivity index (χ1v) is 6.23. The molecule has 0 fully saturated rings. The molecule has 0 aliphatic rings. The topological polar surface area (TPSA) is 50.2 Å². The van der Waals surface area contributed by atoms with Crippen LogP contribution in [0.1, 0.15) is 30.7 Å². The van der Waals surface area contributed by atoms with Crippen LogP contribution in [-0.2, 0) is 16.6 Å². The number of nitrogens with zero attached hydrogens (tertiary/aromatic N) is 1. The summed E-state index contributed by atoms with van der Waals surface area (Å²) in [5.41, 5.74) is 1.99. The van der Waals surface area contributed by atoms with Crippen molar-refractivity contribution in [1.29, 1.82) is 0 Å². The number of benzene rings is 1. The van der Waals surface area contributed by atoms with Crippen molar-refractivity contribution in [2.24, 2.45) is 0 Å². The standard InChI is InChI=1S/C16H17NO2/c1-16(2,15(18)19)13-7-5-6-12(10-13)11-14-8-3-4-9-17-14/h3-10H,11H2,1-2H3,(H,18,19). The molecule has 1 heterocycles. The molecule has 1 aromatic carbocycles. The summed E-state index contributed by atoms with van der Waals surface area (Å²) in [5, 5.41) is 9.26. The molecule has 0 amide bonds. The van der Waals surface area contributed by atoms with Gasteiger partial charge >= 0.3 is 5.97 Å². The number of hydrogen-bond acceptors (Lipinski definition) is 2. The van der Waals surface area contributed by atoms with Crippen LogP contribution < -0.4 is 0 Å². The quantitative estimate of drug-likeness (QED) is 0.913. The van der Waals surface area contributed by atoms with Gasteiger partial charge in [0.2, 0.25) is 0 Å². The molecule has 3 heteroatoms. The molecule has 0 saturated heterocycles. The second kappa shape index (κ2) is 5.22. The van der Waals surface area contributed by atoms with Crippen molar-refractivity contribution in [2.75, 3.05) is 0 Å². The maximum Gasteiger partial charge on any atom is 0.313 e. The van der Waals surface area contributed by atoms with Gasteiger partial charge in [-0.3, -0.25) is 9.78 Å².